The molecule has 2 unspecified atom stereocenters. The molecule has 1 aliphatic rings. The van der Waals surface area contributed by atoms with E-state index in [2.05, 4.69) is 33.4 Å². The van der Waals surface area contributed by atoms with Crippen LogP contribution in [0.3, 0.4) is 0 Å². The van der Waals surface area contributed by atoms with Gasteiger partial charge in [0.15, 0.2) is 6.10 Å². The van der Waals surface area contributed by atoms with Gasteiger partial charge in [0, 0.05) is 11.5 Å². The summed E-state index contributed by atoms with van der Waals surface area (Å²) in [5, 5.41) is 11.3. The van der Waals surface area contributed by atoms with Crippen molar-refractivity contribution in [2.45, 2.75) is 130 Å². The Morgan fingerprint density at radius 1 is 1.10 bits per heavy atom. The number of hydrogen-bond donors (Lipinski definition) is 2. The molecule has 2 N–H and O–H groups in total. The summed E-state index contributed by atoms with van der Waals surface area (Å²) < 4.78 is 29.1. The maximum atomic E-state index is 13.6. The van der Waals surface area contributed by atoms with Crippen LogP contribution in [0.15, 0.2) is 35.9 Å². The predicted molar refractivity (Wildman–Crippen MR) is 161 cm³/mol. The third kappa shape index (κ3) is 10.8. The van der Waals surface area contributed by atoms with E-state index in [-0.39, 0.29) is 29.8 Å². The molecule has 2 rings (SSSR count). The van der Waals surface area contributed by atoms with E-state index in [1.54, 1.807) is 19.9 Å². The fourth-order valence-corrected chi connectivity index (χ4v) is 6.41. The van der Waals surface area contributed by atoms with E-state index >= 15 is 0 Å². The number of hydrogen-bond acceptors (Lipinski definition) is 6. The highest BCUT2D eigenvalue weighted by molar-refractivity contribution is 7.47. The topological polar surface area (TPSA) is 102 Å². The number of aromatic hydroxyl groups is 1. The Labute approximate surface area is 241 Å². The number of benzene rings is 1. The zero-order valence-corrected chi connectivity index (χ0v) is 26.3. The van der Waals surface area contributed by atoms with Gasteiger partial charge in [-0.15, -0.1) is 0 Å². The highest BCUT2D eigenvalue weighted by Gasteiger charge is 2.35. The van der Waals surface area contributed by atoms with Gasteiger partial charge < -0.3 is 14.7 Å². The van der Waals surface area contributed by atoms with Crippen LogP contribution in [0.2, 0.25) is 0 Å². The maximum absolute atomic E-state index is 13.6. The number of allylic oxidation sites excluding steroid dienone is 3. The van der Waals surface area contributed by atoms with E-state index in [1.807, 2.05) is 13.0 Å². The highest BCUT2D eigenvalue weighted by Crippen LogP contribution is 2.49. The molecular weight excluding hydrogens is 527 g/mol. The number of ether oxygens (including phenoxy) is 1. The van der Waals surface area contributed by atoms with Crippen molar-refractivity contribution in [2.75, 3.05) is 0 Å². The number of phenolic OH excluding ortho intramolecular Hbond substituents is 1. The van der Waals surface area contributed by atoms with Gasteiger partial charge in [0.2, 0.25) is 0 Å². The van der Waals surface area contributed by atoms with Gasteiger partial charge in [0.1, 0.15) is 11.5 Å². The van der Waals surface area contributed by atoms with Crippen LogP contribution in [0.4, 0.5) is 0 Å². The van der Waals surface area contributed by atoms with Gasteiger partial charge in [-0.3, -0.25) is 9.05 Å². The summed E-state index contributed by atoms with van der Waals surface area (Å²) in [5.74, 6) is -0.561. The van der Waals surface area contributed by atoms with Gasteiger partial charge in [0.05, 0.1) is 6.10 Å². The second-order valence-electron chi connectivity index (χ2n) is 11.5. The minimum Gasteiger partial charge on any atom is -0.507 e. The molecule has 0 fully saturated rings. The van der Waals surface area contributed by atoms with E-state index in [0.29, 0.717) is 12.0 Å². The molecule has 1 aromatic carbocycles. The van der Waals surface area contributed by atoms with E-state index in [9.17, 15) is 19.4 Å². The lowest BCUT2D eigenvalue weighted by Gasteiger charge is -2.32. The quantitative estimate of drug-likeness (QED) is 0.0625. The number of rotatable bonds is 17. The molecule has 226 valence electrons. The highest BCUT2D eigenvalue weighted by atomic mass is 31.2. The van der Waals surface area contributed by atoms with Crippen LogP contribution in [0.1, 0.15) is 123 Å². The van der Waals surface area contributed by atoms with E-state index in [1.165, 1.54) is 5.57 Å². The minimum absolute atomic E-state index is 0.0791. The van der Waals surface area contributed by atoms with Crippen LogP contribution >= 0.6 is 7.82 Å². The zero-order chi connectivity index (χ0) is 29.9. The van der Waals surface area contributed by atoms with Gasteiger partial charge in [-0.1, -0.05) is 76.2 Å². The summed E-state index contributed by atoms with van der Waals surface area (Å²) in [6.07, 6.45) is 9.61. The molecule has 0 aliphatic heterocycles. The lowest BCUT2D eigenvalue weighted by molar-refractivity contribution is -0.143. The van der Waals surface area contributed by atoms with Gasteiger partial charge in [-0.05, 0) is 83.4 Å². The molecule has 0 spiro atoms. The Bertz CT molecular complexity index is 1060. The average Bonchev–Trinajstić information content (AvgIpc) is 2.84. The smallest absolute Gasteiger partial charge is 0.473 e. The summed E-state index contributed by atoms with van der Waals surface area (Å²) in [4.78, 5) is 23.9. The number of esters is 1. The van der Waals surface area contributed by atoms with E-state index < -0.39 is 26.0 Å². The number of phosphoric acid groups is 1. The van der Waals surface area contributed by atoms with Crippen LogP contribution in [0.25, 0.3) is 0 Å². The van der Waals surface area contributed by atoms with Crippen LogP contribution in [-0.4, -0.2) is 28.2 Å². The number of unbranched alkanes of at least 4 members (excludes halogenated alkanes) is 5. The normalized spacial score (nSPS) is 19.6. The molecular formula is C32H51O7P. The minimum atomic E-state index is -4.50. The van der Waals surface area contributed by atoms with Crippen molar-refractivity contribution in [3.63, 3.8) is 0 Å². The van der Waals surface area contributed by atoms with Crippen molar-refractivity contribution in [2.24, 2.45) is 5.92 Å². The first kappa shape index (κ1) is 34.3. The second-order valence-corrected chi connectivity index (χ2v) is 12.9. The Balaban J connectivity index is 2.50. The van der Waals surface area contributed by atoms with Crippen LogP contribution < -0.4 is 4.74 Å². The SMILES string of the molecule is C=C(C)[C@@H]1CCC(C)=C[C@H]1c1c(O)cc(CCCCC)cc1OC(=O)C(CCCCCC)OP(=O)(O)OC(C)C. The molecule has 0 bridgehead atoms. The van der Waals surface area contributed by atoms with Gasteiger partial charge in [0.25, 0.3) is 0 Å². The summed E-state index contributed by atoms with van der Waals surface area (Å²) in [5.41, 5.74) is 3.62. The zero-order valence-electron chi connectivity index (χ0n) is 25.4. The summed E-state index contributed by atoms with van der Waals surface area (Å²) in [7, 11) is -4.50. The van der Waals surface area contributed by atoms with Crippen molar-refractivity contribution in [1.82, 2.24) is 0 Å². The Kier molecular flexibility index (Phi) is 14.1. The average molecular weight is 579 g/mol. The maximum Gasteiger partial charge on any atom is 0.473 e. The fourth-order valence-electron chi connectivity index (χ4n) is 5.31. The van der Waals surface area contributed by atoms with Crippen molar-refractivity contribution >= 4 is 13.8 Å². The number of phosphoric ester groups is 1. The molecule has 0 heterocycles. The summed E-state index contributed by atoms with van der Waals surface area (Å²) >= 11 is 0. The lowest BCUT2D eigenvalue weighted by atomic mass is 9.73. The Morgan fingerprint density at radius 2 is 1.77 bits per heavy atom. The van der Waals surface area contributed by atoms with Crippen molar-refractivity contribution in [3.8, 4) is 11.5 Å². The van der Waals surface area contributed by atoms with Crippen molar-refractivity contribution < 1.29 is 33.1 Å². The third-order valence-electron chi connectivity index (χ3n) is 7.36. The first-order chi connectivity index (χ1) is 18.9. The number of carbonyl (C=O) groups excluding carboxylic acids is 1. The number of carbonyl (C=O) groups is 1. The van der Waals surface area contributed by atoms with Crippen LogP contribution in [0.5, 0.6) is 11.5 Å². The van der Waals surface area contributed by atoms with Crippen molar-refractivity contribution in [3.05, 3.63) is 47.1 Å². The fraction of sp³-hybridized carbons (Fsp3) is 0.656. The molecule has 40 heavy (non-hydrogen) atoms. The first-order valence-corrected chi connectivity index (χ1v) is 16.5. The number of phenols is 1. The standard InChI is InChI=1S/C32H51O7P/c1-8-10-12-14-16-29(39-40(35,36)38-23(5)6)32(34)37-30-21-25(15-13-11-9-2)20-28(33)31(30)27-19-24(7)17-18-26(27)22(3)4/h19-21,23,26-27,29,33H,3,8-18H2,1-2,4-7H3,(H,35,36)/t26-,27+,29?/m0/s1. The molecule has 8 heteroatoms. The molecule has 0 amide bonds. The van der Waals surface area contributed by atoms with Gasteiger partial charge in [-0.25, -0.2) is 9.36 Å². The van der Waals surface area contributed by atoms with E-state index in [4.69, 9.17) is 13.8 Å². The molecule has 0 aromatic heterocycles. The summed E-state index contributed by atoms with van der Waals surface area (Å²) in [6, 6.07) is 3.60. The van der Waals surface area contributed by atoms with Gasteiger partial charge in [-0.2, -0.15) is 0 Å². The molecule has 0 saturated heterocycles. The Morgan fingerprint density at radius 3 is 2.40 bits per heavy atom. The van der Waals surface area contributed by atoms with Crippen molar-refractivity contribution in [1.29, 1.82) is 0 Å². The molecule has 1 aliphatic carbocycles. The summed E-state index contributed by atoms with van der Waals surface area (Å²) in [6.45, 7) is 15.7. The molecule has 4 atom stereocenters. The second kappa shape index (κ2) is 16.5. The van der Waals surface area contributed by atoms with E-state index in [0.717, 1.165) is 68.9 Å². The third-order valence-corrected chi connectivity index (χ3v) is 8.57. The van der Waals surface area contributed by atoms with Crippen LogP contribution in [0, 0.1) is 5.92 Å². The largest absolute Gasteiger partial charge is 0.507 e. The molecule has 7 nitrogen and oxygen atoms in total. The lowest BCUT2D eigenvalue weighted by Crippen LogP contribution is -2.29. The first-order valence-electron chi connectivity index (χ1n) is 15.0. The van der Waals surface area contributed by atoms with Crippen LogP contribution in [-0.2, 0) is 24.8 Å². The monoisotopic (exact) mass is 578 g/mol. The number of aryl methyl sites for hydroxylation is 1. The molecule has 0 saturated carbocycles. The van der Waals surface area contributed by atoms with Gasteiger partial charge >= 0.3 is 13.8 Å². The molecule has 1 aromatic rings. The molecule has 0 radical (unpaired) electrons. The Hall–Kier alpha value is -1.92. The predicted octanol–water partition coefficient (Wildman–Crippen LogP) is 8.93.